The largest absolute Gasteiger partial charge is 0.338 e. The summed E-state index contributed by atoms with van der Waals surface area (Å²) in [5.74, 6) is 1.79. The van der Waals surface area contributed by atoms with E-state index in [9.17, 15) is 9.59 Å². The van der Waals surface area contributed by atoms with E-state index < -0.39 is 11.9 Å². The van der Waals surface area contributed by atoms with Crippen LogP contribution in [0.1, 0.15) is 12.8 Å². The quantitative estimate of drug-likeness (QED) is 0.613. The average molecular weight is 235 g/mol. The van der Waals surface area contributed by atoms with Crippen LogP contribution in [-0.4, -0.2) is 48.9 Å². The molecule has 1 unspecified atom stereocenters. The third kappa shape index (κ3) is 2.98. The van der Waals surface area contributed by atoms with Gasteiger partial charge < -0.3 is 15.5 Å². The molecule has 1 atom stereocenters. The Bertz CT molecular complexity index is 351. The lowest BCUT2D eigenvalue weighted by Gasteiger charge is -2.31. The van der Waals surface area contributed by atoms with E-state index in [1.54, 1.807) is 4.90 Å². The highest BCUT2D eigenvalue weighted by Crippen LogP contribution is 2.33. The van der Waals surface area contributed by atoms with Crippen molar-refractivity contribution in [3.05, 3.63) is 0 Å². The molecule has 1 saturated carbocycles. The van der Waals surface area contributed by atoms with Gasteiger partial charge in [0.1, 0.15) is 6.04 Å². The fraction of sp³-hybridized carbons (Fsp3) is 0.667. The number of hydrogen-bond acceptors (Lipinski definition) is 3. The Morgan fingerprint density at radius 1 is 1.35 bits per heavy atom. The van der Waals surface area contributed by atoms with E-state index in [1.165, 1.54) is 0 Å². The molecule has 0 aromatic carbocycles. The van der Waals surface area contributed by atoms with Crippen molar-refractivity contribution in [2.75, 3.05) is 26.2 Å². The summed E-state index contributed by atoms with van der Waals surface area (Å²) in [7, 11) is 0. The first kappa shape index (κ1) is 11.9. The molecule has 5 heteroatoms. The Labute approximate surface area is 101 Å². The Kier molecular flexibility index (Phi) is 3.64. The minimum Gasteiger partial charge on any atom is -0.338 e. The second kappa shape index (κ2) is 5.19. The summed E-state index contributed by atoms with van der Waals surface area (Å²) in [4.78, 5) is 25.3. The molecule has 0 bridgehead atoms. The summed E-state index contributed by atoms with van der Waals surface area (Å²) in [6.07, 6.45) is 7.01. The maximum absolute atomic E-state index is 12.2. The minimum atomic E-state index is -0.495. The predicted molar refractivity (Wildman–Crippen MR) is 62.9 cm³/mol. The third-order valence-electron chi connectivity index (χ3n) is 3.21. The highest BCUT2D eigenvalue weighted by Gasteiger charge is 2.39. The molecular weight excluding hydrogens is 218 g/mol. The van der Waals surface area contributed by atoms with Gasteiger partial charge in [0.25, 0.3) is 5.91 Å². The smallest absolute Gasteiger partial charge is 0.296 e. The van der Waals surface area contributed by atoms with Gasteiger partial charge in [-0.25, -0.2) is 0 Å². The maximum Gasteiger partial charge on any atom is 0.296 e. The highest BCUT2D eigenvalue weighted by atomic mass is 16.2. The summed E-state index contributed by atoms with van der Waals surface area (Å²) in [5.41, 5.74) is 0. The van der Waals surface area contributed by atoms with Crippen molar-refractivity contribution in [2.24, 2.45) is 5.92 Å². The van der Waals surface area contributed by atoms with Crippen molar-refractivity contribution >= 4 is 11.8 Å². The maximum atomic E-state index is 12.2. The average Bonchev–Trinajstić information content (AvgIpc) is 3.20. The fourth-order valence-corrected chi connectivity index (χ4v) is 2.08. The van der Waals surface area contributed by atoms with E-state index in [0.29, 0.717) is 13.1 Å². The molecule has 1 aliphatic carbocycles. The lowest BCUT2D eigenvalue weighted by Crippen LogP contribution is -2.54. The summed E-state index contributed by atoms with van der Waals surface area (Å²) >= 11 is 0. The summed E-state index contributed by atoms with van der Waals surface area (Å²) in [6, 6.07) is -0.420. The van der Waals surface area contributed by atoms with Crippen LogP contribution in [-0.2, 0) is 9.59 Å². The molecule has 1 aliphatic heterocycles. The molecule has 0 aromatic heterocycles. The molecule has 2 rings (SSSR count). The second-order valence-electron chi connectivity index (χ2n) is 4.51. The van der Waals surface area contributed by atoms with Crippen LogP contribution in [0.3, 0.4) is 0 Å². The van der Waals surface area contributed by atoms with Gasteiger partial charge in [-0.2, -0.15) is 0 Å². The van der Waals surface area contributed by atoms with E-state index in [1.807, 2.05) is 5.92 Å². The molecule has 0 spiro atoms. The van der Waals surface area contributed by atoms with E-state index in [-0.39, 0.29) is 11.8 Å². The molecule has 1 heterocycles. The summed E-state index contributed by atoms with van der Waals surface area (Å²) in [6.45, 7) is 3.03. The first-order valence-electron chi connectivity index (χ1n) is 5.99. The number of hydrogen-bond donors (Lipinski definition) is 2. The van der Waals surface area contributed by atoms with Crippen LogP contribution in [0.2, 0.25) is 0 Å². The normalized spacial score (nSPS) is 21.5. The van der Waals surface area contributed by atoms with Crippen LogP contribution in [0, 0.1) is 18.3 Å². The monoisotopic (exact) mass is 235 g/mol. The first-order chi connectivity index (χ1) is 8.22. The van der Waals surface area contributed by atoms with E-state index in [2.05, 4.69) is 10.6 Å². The Morgan fingerprint density at radius 3 is 2.53 bits per heavy atom. The second-order valence-corrected chi connectivity index (χ2v) is 4.51. The van der Waals surface area contributed by atoms with Crippen molar-refractivity contribution in [2.45, 2.75) is 18.9 Å². The molecule has 2 aliphatic rings. The zero-order valence-electron chi connectivity index (χ0n) is 9.74. The number of carbonyl (C=O) groups excluding carboxylic acids is 2. The number of rotatable bonds is 3. The van der Waals surface area contributed by atoms with E-state index in [4.69, 9.17) is 6.42 Å². The zero-order valence-corrected chi connectivity index (χ0v) is 9.74. The van der Waals surface area contributed by atoms with Crippen molar-refractivity contribution in [1.82, 2.24) is 15.5 Å². The van der Waals surface area contributed by atoms with Gasteiger partial charge in [-0.1, -0.05) is 0 Å². The van der Waals surface area contributed by atoms with Crippen molar-refractivity contribution in [3.8, 4) is 12.3 Å². The van der Waals surface area contributed by atoms with E-state index >= 15 is 0 Å². The molecule has 0 radical (unpaired) electrons. The van der Waals surface area contributed by atoms with Crippen LogP contribution >= 0.6 is 0 Å². The standard InChI is InChI=1S/C12H17N3O2/c1-2-10(16)14-11(9-3-4-9)12(17)15-7-5-13-6-8-15/h1,9,11,13H,3-8H2,(H,14,16). The van der Waals surface area contributed by atoms with Gasteiger partial charge in [-0.15, -0.1) is 6.42 Å². The first-order valence-corrected chi connectivity index (χ1v) is 5.99. The van der Waals surface area contributed by atoms with Gasteiger partial charge in [0.2, 0.25) is 5.91 Å². The lowest BCUT2D eigenvalue weighted by atomic mass is 10.1. The highest BCUT2D eigenvalue weighted by molar-refractivity contribution is 5.96. The van der Waals surface area contributed by atoms with Crippen LogP contribution in [0.15, 0.2) is 0 Å². The number of nitrogens with zero attached hydrogens (tertiary/aromatic N) is 1. The van der Waals surface area contributed by atoms with Gasteiger partial charge in [0, 0.05) is 26.2 Å². The molecule has 17 heavy (non-hydrogen) atoms. The number of carbonyl (C=O) groups is 2. The van der Waals surface area contributed by atoms with Gasteiger partial charge in [-0.3, -0.25) is 9.59 Å². The van der Waals surface area contributed by atoms with Crippen LogP contribution in [0.4, 0.5) is 0 Å². The molecule has 92 valence electrons. The topological polar surface area (TPSA) is 61.4 Å². The minimum absolute atomic E-state index is 0.0117. The molecule has 2 amide bonds. The Balaban J connectivity index is 1.97. The van der Waals surface area contributed by atoms with E-state index in [0.717, 1.165) is 25.9 Å². The lowest BCUT2D eigenvalue weighted by molar-refractivity contribution is -0.136. The Morgan fingerprint density at radius 2 is 2.00 bits per heavy atom. The van der Waals surface area contributed by atoms with Gasteiger partial charge in [0.05, 0.1) is 0 Å². The molecular formula is C12H17N3O2. The van der Waals surface area contributed by atoms with Gasteiger partial charge in [-0.05, 0) is 24.7 Å². The SMILES string of the molecule is C#CC(=O)NC(C(=O)N1CCNCC1)C1CC1. The van der Waals surface area contributed by atoms with Crippen molar-refractivity contribution in [3.63, 3.8) is 0 Å². The van der Waals surface area contributed by atoms with Crippen molar-refractivity contribution < 1.29 is 9.59 Å². The summed E-state index contributed by atoms with van der Waals surface area (Å²) < 4.78 is 0. The molecule has 5 nitrogen and oxygen atoms in total. The molecule has 0 aromatic rings. The van der Waals surface area contributed by atoms with Crippen LogP contribution < -0.4 is 10.6 Å². The number of nitrogens with one attached hydrogen (secondary N) is 2. The predicted octanol–water partition coefficient (Wildman–Crippen LogP) is -1.05. The molecule has 1 saturated heterocycles. The van der Waals surface area contributed by atoms with Crippen molar-refractivity contribution in [1.29, 1.82) is 0 Å². The zero-order chi connectivity index (χ0) is 12.3. The fourth-order valence-electron chi connectivity index (χ4n) is 2.08. The molecule has 2 N–H and O–H groups in total. The van der Waals surface area contributed by atoms with Crippen LogP contribution in [0.25, 0.3) is 0 Å². The number of piperazine rings is 1. The van der Waals surface area contributed by atoms with Crippen LogP contribution in [0.5, 0.6) is 0 Å². The van der Waals surface area contributed by atoms with Gasteiger partial charge in [0.15, 0.2) is 0 Å². The number of terminal acetylenes is 1. The third-order valence-corrected chi connectivity index (χ3v) is 3.21. The van der Waals surface area contributed by atoms with Gasteiger partial charge >= 0.3 is 0 Å². The summed E-state index contributed by atoms with van der Waals surface area (Å²) in [5, 5.41) is 5.83. The number of amides is 2. The molecule has 2 fully saturated rings. The Hall–Kier alpha value is -1.54.